The summed E-state index contributed by atoms with van der Waals surface area (Å²) in [5.41, 5.74) is 6.05. The zero-order chi connectivity index (χ0) is 10.5. The fraction of sp³-hybridized carbons (Fsp3) is 1.00. The first-order chi connectivity index (χ1) is 5.86. The van der Waals surface area contributed by atoms with Crippen LogP contribution in [-0.2, 0) is 0 Å². The van der Waals surface area contributed by atoms with Crippen LogP contribution in [0.15, 0.2) is 0 Å². The van der Waals surface area contributed by atoms with E-state index in [0.29, 0.717) is 11.5 Å². The van der Waals surface area contributed by atoms with Crippen LogP contribution in [0.25, 0.3) is 0 Å². The molecule has 0 aromatic rings. The Morgan fingerprint density at radius 1 is 1.23 bits per heavy atom. The first-order valence-electron chi connectivity index (χ1n) is 5.32. The maximum Gasteiger partial charge on any atom is 0.00225 e. The van der Waals surface area contributed by atoms with Crippen molar-refractivity contribution in [2.45, 2.75) is 47.1 Å². The van der Waals surface area contributed by atoms with Crippen molar-refractivity contribution < 1.29 is 0 Å². The molecule has 80 valence electrons. The number of nitrogens with two attached hydrogens (primary N) is 1. The minimum atomic E-state index is 0.315. The summed E-state index contributed by atoms with van der Waals surface area (Å²) in [5.74, 6) is 0.718. The molecular formula is C11H26N2. The predicted octanol–water partition coefficient (Wildman–Crippen LogP) is 2.00. The Hall–Kier alpha value is -0.0800. The van der Waals surface area contributed by atoms with Gasteiger partial charge in [0.15, 0.2) is 0 Å². The molecule has 0 heterocycles. The maximum absolute atomic E-state index is 5.66. The highest BCUT2D eigenvalue weighted by Gasteiger charge is 2.21. The Bertz CT molecular complexity index is 128. The van der Waals surface area contributed by atoms with Gasteiger partial charge in [-0.3, -0.25) is 0 Å². The van der Waals surface area contributed by atoms with E-state index in [1.54, 1.807) is 0 Å². The molecule has 3 N–H and O–H groups in total. The summed E-state index contributed by atoms with van der Waals surface area (Å²) in [6.07, 6.45) is 1.06. The van der Waals surface area contributed by atoms with Crippen molar-refractivity contribution in [3.63, 3.8) is 0 Å². The van der Waals surface area contributed by atoms with Crippen molar-refractivity contribution in [2.75, 3.05) is 13.1 Å². The molecule has 0 radical (unpaired) electrons. The minimum Gasteiger partial charge on any atom is -0.328 e. The normalized spacial score (nSPS) is 15.0. The smallest absolute Gasteiger partial charge is 0.00225 e. The number of rotatable bonds is 6. The predicted molar refractivity (Wildman–Crippen MR) is 59.8 cm³/mol. The highest BCUT2D eigenvalue weighted by molar-refractivity contribution is 4.75. The van der Waals surface area contributed by atoms with Gasteiger partial charge in [0.25, 0.3) is 0 Å². The molecule has 0 fully saturated rings. The first-order valence-corrected chi connectivity index (χ1v) is 5.32. The van der Waals surface area contributed by atoms with E-state index in [9.17, 15) is 0 Å². The van der Waals surface area contributed by atoms with E-state index in [-0.39, 0.29) is 0 Å². The Kier molecular flexibility index (Phi) is 5.57. The van der Waals surface area contributed by atoms with Crippen LogP contribution in [0.3, 0.4) is 0 Å². The second-order valence-corrected chi connectivity index (χ2v) is 5.09. The lowest BCUT2D eigenvalue weighted by Gasteiger charge is -2.29. The molecule has 2 heteroatoms. The summed E-state index contributed by atoms with van der Waals surface area (Å²) in [5, 5.41) is 3.46. The van der Waals surface area contributed by atoms with Crippen molar-refractivity contribution in [2.24, 2.45) is 17.1 Å². The highest BCUT2D eigenvalue weighted by atomic mass is 14.9. The summed E-state index contributed by atoms with van der Waals surface area (Å²) >= 11 is 0. The van der Waals surface area contributed by atoms with E-state index in [1.165, 1.54) is 0 Å². The van der Waals surface area contributed by atoms with Crippen molar-refractivity contribution in [1.29, 1.82) is 0 Å². The van der Waals surface area contributed by atoms with E-state index in [0.717, 1.165) is 25.4 Å². The van der Waals surface area contributed by atoms with E-state index in [4.69, 9.17) is 5.73 Å². The number of hydrogen-bond acceptors (Lipinski definition) is 2. The third-order valence-corrected chi connectivity index (χ3v) is 2.92. The van der Waals surface area contributed by atoms with Crippen molar-refractivity contribution in [3.8, 4) is 0 Å². The summed E-state index contributed by atoms with van der Waals surface area (Å²) in [6.45, 7) is 13.3. The van der Waals surface area contributed by atoms with Gasteiger partial charge in [-0.05, 0) is 31.2 Å². The fourth-order valence-electron chi connectivity index (χ4n) is 0.944. The van der Waals surface area contributed by atoms with Gasteiger partial charge in [-0.25, -0.2) is 0 Å². The maximum atomic E-state index is 5.66. The third-order valence-electron chi connectivity index (χ3n) is 2.92. The van der Waals surface area contributed by atoms with Crippen molar-refractivity contribution >= 4 is 0 Å². The van der Waals surface area contributed by atoms with E-state index < -0.39 is 0 Å². The van der Waals surface area contributed by atoms with Crippen LogP contribution in [0, 0.1) is 11.3 Å². The zero-order valence-corrected chi connectivity index (χ0v) is 9.85. The fourth-order valence-corrected chi connectivity index (χ4v) is 0.944. The quantitative estimate of drug-likeness (QED) is 0.623. The lowest BCUT2D eigenvalue weighted by molar-refractivity contribution is 0.238. The molecule has 0 spiro atoms. The molecule has 0 aromatic carbocycles. The van der Waals surface area contributed by atoms with Gasteiger partial charge >= 0.3 is 0 Å². The van der Waals surface area contributed by atoms with Crippen molar-refractivity contribution in [1.82, 2.24) is 5.32 Å². The van der Waals surface area contributed by atoms with Gasteiger partial charge in [-0.15, -0.1) is 0 Å². The lowest BCUT2D eigenvalue weighted by atomic mass is 9.81. The molecule has 0 aliphatic carbocycles. The van der Waals surface area contributed by atoms with E-state index in [1.807, 2.05) is 0 Å². The van der Waals surface area contributed by atoms with Crippen LogP contribution in [0.4, 0.5) is 0 Å². The average Bonchev–Trinajstić information content (AvgIpc) is 1.97. The van der Waals surface area contributed by atoms with E-state index in [2.05, 4.69) is 39.9 Å². The van der Waals surface area contributed by atoms with Gasteiger partial charge in [-0.2, -0.15) is 0 Å². The summed E-state index contributed by atoms with van der Waals surface area (Å²) in [4.78, 5) is 0. The topological polar surface area (TPSA) is 38.0 Å². The summed E-state index contributed by atoms with van der Waals surface area (Å²) < 4.78 is 0. The second kappa shape index (κ2) is 5.61. The zero-order valence-electron chi connectivity index (χ0n) is 9.85. The molecule has 0 aliphatic heterocycles. The number of hydrogen-bond donors (Lipinski definition) is 2. The van der Waals surface area contributed by atoms with Gasteiger partial charge in [-0.1, -0.05) is 27.7 Å². The summed E-state index contributed by atoms with van der Waals surface area (Å²) in [7, 11) is 0. The van der Waals surface area contributed by atoms with Gasteiger partial charge in [0, 0.05) is 12.6 Å². The molecule has 2 nitrogen and oxygen atoms in total. The molecule has 1 atom stereocenters. The largest absolute Gasteiger partial charge is 0.328 e. The van der Waals surface area contributed by atoms with Crippen LogP contribution in [0.2, 0.25) is 0 Å². The number of nitrogens with one attached hydrogen (secondary N) is 1. The average molecular weight is 186 g/mol. The molecule has 13 heavy (non-hydrogen) atoms. The third kappa shape index (κ3) is 6.05. The minimum absolute atomic E-state index is 0.315. The monoisotopic (exact) mass is 186 g/mol. The Morgan fingerprint density at radius 3 is 2.15 bits per heavy atom. The second-order valence-electron chi connectivity index (χ2n) is 5.09. The molecule has 0 saturated heterocycles. The lowest BCUT2D eigenvalue weighted by Crippen LogP contribution is -2.35. The highest BCUT2D eigenvalue weighted by Crippen LogP contribution is 2.24. The Balaban J connectivity index is 3.52. The summed E-state index contributed by atoms with van der Waals surface area (Å²) in [6, 6.07) is 0.315. The molecule has 0 aromatic heterocycles. The van der Waals surface area contributed by atoms with Crippen LogP contribution < -0.4 is 11.1 Å². The molecule has 0 aliphatic rings. The van der Waals surface area contributed by atoms with Crippen LogP contribution in [0.1, 0.15) is 41.0 Å². The van der Waals surface area contributed by atoms with Crippen LogP contribution >= 0.6 is 0 Å². The molecule has 1 unspecified atom stereocenters. The van der Waals surface area contributed by atoms with Gasteiger partial charge < -0.3 is 11.1 Å². The van der Waals surface area contributed by atoms with Gasteiger partial charge in [0.05, 0.1) is 0 Å². The Morgan fingerprint density at radius 2 is 1.77 bits per heavy atom. The molecule has 0 amide bonds. The molecular weight excluding hydrogens is 160 g/mol. The first kappa shape index (κ1) is 12.9. The van der Waals surface area contributed by atoms with Gasteiger partial charge in [0.2, 0.25) is 0 Å². The van der Waals surface area contributed by atoms with Crippen molar-refractivity contribution in [3.05, 3.63) is 0 Å². The van der Waals surface area contributed by atoms with Crippen LogP contribution in [-0.4, -0.2) is 19.1 Å². The van der Waals surface area contributed by atoms with Crippen LogP contribution in [0.5, 0.6) is 0 Å². The van der Waals surface area contributed by atoms with E-state index >= 15 is 0 Å². The molecule has 0 rings (SSSR count). The Labute approximate surface area is 83.3 Å². The molecule has 0 saturated carbocycles. The molecule has 0 bridgehead atoms. The SMILES string of the molecule is CC(N)CCNCC(C)(C)C(C)C. The standard InChI is InChI=1S/C11H26N2/c1-9(2)11(4,5)8-13-7-6-10(3)12/h9-10,13H,6-8,12H2,1-5H3. The van der Waals surface area contributed by atoms with Gasteiger partial charge in [0.1, 0.15) is 0 Å².